The normalized spacial score (nSPS) is 11.7. The standard InChI is InChI=1S/C20H30N4O2.HI/c1-7-25-16-9-8-15(10-14(16)2)11-23-19(21-6)24-13-18-22-12-17(26-18)20(3,4)5;/h8-10,12H,7,11,13H2,1-6H3,(H2,21,23,24);1H. The molecule has 2 aromatic rings. The summed E-state index contributed by atoms with van der Waals surface area (Å²) in [6.45, 7) is 12.2. The number of rotatable bonds is 6. The molecule has 1 aromatic heterocycles. The van der Waals surface area contributed by atoms with Crippen molar-refractivity contribution in [2.24, 2.45) is 4.99 Å². The van der Waals surface area contributed by atoms with E-state index < -0.39 is 0 Å². The molecular formula is C20H31IN4O2. The summed E-state index contributed by atoms with van der Waals surface area (Å²) < 4.78 is 11.4. The van der Waals surface area contributed by atoms with Gasteiger partial charge in [-0.3, -0.25) is 4.99 Å². The first kappa shape index (κ1) is 23.3. The monoisotopic (exact) mass is 486 g/mol. The van der Waals surface area contributed by atoms with Gasteiger partial charge in [-0.05, 0) is 31.0 Å². The number of hydrogen-bond acceptors (Lipinski definition) is 4. The third kappa shape index (κ3) is 7.04. The van der Waals surface area contributed by atoms with Gasteiger partial charge >= 0.3 is 0 Å². The molecule has 0 aliphatic rings. The van der Waals surface area contributed by atoms with E-state index in [1.54, 1.807) is 13.2 Å². The number of oxazole rings is 1. The number of guanidine groups is 1. The number of hydrogen-bond donors (Lipinski definition) is 2. The molecular weight excluding hydrogens is 455 g/mol. The predicted octanol–water partition coefficient (Wildman–Crippen LogP) is 4.16. The van der Waals surface area contributed by atoms with Crippen molar-refractivity contribution in [1.82, 2.24) is 15.6 Å². The summed E-state index contributed by atoms with van der Waals surface area (Å²) in [7, 11) is 1.74. The molecule has 0 unspecified atom stereocenters. The Balaban J connectivity index is 0.00000364. The smallest absolute Gasteiger partial charge is 0.213 e. The Morgan fingerprint density at radius 2 is 1.93 bits per heavy atom. The van der Waals surface area contributed by atoms with Crippen LogP contribution in [0.15, 0.2) is 33.8 Å². The van der Waals surface area contributed by atoms with Crippen LogP contribution in [0, 0.1) is 6.92 Å². The van der Waals surface area contributed by atoms with Gasteiger partial charge in [0.1, 0.15) is 11.5 Å². The number of nitrogens with one attached hydrogen (secondary N) is 2. The summed E-state index contributed by atoms with van der Waals surface area (Å²) in [4.78, 5) is 8.56. The first-order chi connectivity index (χ1) is 12.3. The van der Waals surface area contributed by atoms with Crippen molar-refractivity contribution in [3.05, 3.63) is 47.2 Å². The van der Waals surface area contributed by atoms with Crippen molar-refractivity contribution in [2.45, 2.75) is 53.1 Å². The van der Waals surface area contributed by atoms with E-state index >= 15 is 0 Å². The van der Waals surface area contributed by atoms with Gasteiger partial charge in [-0.1, -0.05) is 32.9 Å². The van der Waals surface area contributed by atoms with Crippen molar-refractivity contribution in [1.29, 1.82) is 0 Å². The second kappa shape index (κ2) is 10.5. The van der Waals surface area contributed by atoms with E-state index in [1.165, 1.54) is 5.56 Å². The van der Waals surface area contributed by atoms with E-state index in [1.807, 2.05) is 13.0 Å². The third-order valence-corrected chi connectivity index (χ3v) is 3.92. The summed E-state index contributed by atoms with van der Waals surface area (Å²) in [5.41, 5.74) is 2.25. The number of halogens is 1. The molecule has 0 aliphatic heterocycles. The number of aryl methyl sites for hydroxylation is 1. The highest BCUT2D eigenvalue weighted by atomic mass is 127. The summed E-state index contributed by atoms with van der Waals surface area (Å²) in [6.07, 6.45) is 1.79. The maximum absolute atomic E-state index is 5.79. The predicted molar refractivity (Wildman–Crippen MR) is 120 cm³/mol. The molecule has 0 bridgehead atoms. The van der Waals surface area contributed by atoms with Gasteiger partial charge in [0, 0.05) is 19.0 Å². The summed E-state index contributed by atoms with van der Waals surface area (Å²) in [5, 5.41) is 6.53. The maximum Gasteiger partial charge on any atom is 0.213 e. The molecule has 7 heteroatoms. The lowest BCUT2D eigenvalue weighted by molar-refractivity contribution is 0.338. The first-order valence-corrected chi connectivity index (χ1v) is 8.95. The van der Waals surface area contributed by atoms with Crippen LogP contribution >= 0.6 is 24.0 Å². The zero-order valence-electron chi connectivity index (χ0n) is 17.0. The molecule has 0 fully saturated rings. The topological polar surface area (TPSA) is 71.7 Å². The highest BCUT2D eigenvalue weighted by Gasteiger charge is 2.19. The van der Waals surface area contributed by atoms with E-state index in [9.17, 15) is 0 Å². The molecule has 6 nitrogen and oxygen atoms in total. The molecule has 0 radical (unpaired) electrons. The van der Waals surface area contributed by atoms with Gasteiger partial charge in [-0.2, -0.15) is 0 Å². The molecule has 1 aromatic carbocycles. The molecule has 0 saturated carbocycles. The van der Waals surface area contributed by atoms with Gasteiger partial charge in [0.2, 0.25) is 5.89 Å². The molecule has 0 spiro atoms. The molecule has 1 heterocycles. The second-order valence-corrected chi connectivity index (χ2v) is 7.18. The highest BCUT2D eigenvalue weighted by Crippen LogP contribution is 2.22. The SMILES string of the molecule is CCOc1ccc(CNC(=NC)NCc2ncc(C(C)(C)C)o2)cc1C.I. The van der Waals surface area contributed by atoms with Gasteiger partial charge in [0.05, 0.1) is 19.3 Å². The van der Waals surface area contributed by atoms with Gasteiger partial charge in [-0.25, -0.2) is 4.98 Å². The van der Waals surface area contributed by atoms with Crippen LogP contribution in [0.4, 0.5) is 0 Å². The largest absolute Gasteiger partial charge is 0.494 e. The number of aliphatic imine (C=N–C) groups is 1. The fourth-order valence-electron chi connectivity index (χ4n) is 2.44. The van der Waals surface area contributed by atoms with Gasteiger partial charge in [0.15, 0.2) is 5.96 Å². The van der Waals surface area contributed by atoms with E-state index in [0.29, 0.717) is 31.5 Å². The molecule has 0 amide bonds. The molecule has 2 rings (SSSR count). The zero-order chi connectivity index (χ0) is 19.2. The Kier molecular flexibility index (Phi) is 9.08. The van der Waals surface area contributed by atoms with Crippen molar-refractivity contribution < 1.29 is 9.15 Å². The van der Waals surface area contributed by atoms with Gasteiger partial charge < -0.3 is 19.8 Å². The van der Waals surface area contributed by atoms with Crippen LogP contribution in [-0.4, -0.2) is 24.6 Å². The molecule has 0 saturated heterocycles. The Morgan fingerprint density at radius 3 is 2.48 bits per heavy atom. The van der Waals surface area contributed by atoms with Crippen molar-refractivity contribution >= 4 is 29.9 Å². The fourth-order valence-corrected chi connectivity index (χ4v) is 2.44. The lowest BCUT2D eigenvalue weighted by Gasteiger charge is -2.14. The molecule has 2 N–H and O–H groups in total. The van der Waals surface area contributed by atoms with E-state index in [-0.39, 0.29) is 29.4 Å². The number of benzene rings is 1. The van der Waals surface area contributed by atoms with Crippen LogP contribution < -0.4 is 15.4 Å². The quantitative estimate of drug-likeness (QED) is 0.365. The maximum atomic E-state index is 5.79. The highest BCUT2D eigenvalue weighted by molar-refractivity contribution is 14.0. The van der Waals surface area contributed by atoms with Crippen molar-refractivity contribution in [3.63, 3.8) is 0 Å². The van der Waals surface area contributed by atoms with Crippen LogP contribution in [0.5, 0.6) is 5.75 Å². The minimum atomic E-state index is -0.0450. The van der Waals surface area contributed by atoms with Crippen LogP contribution in [0.3, 0.4) is 0 Å². The van der Waals surface area contributed by atoms with E-state index in [0.717, 1.165) is 17.1 Å². The third-order valence-electron chi connectivity index (χ3n) is 3.92. The van der Waals surface area contributed by atoms with E-state index in [2.05, 4.69) is 60.4 Å². The van der Waals surface area contributed by atoms with Gasteiger partial charge in [-0.15, -0.1) is 24.0 Å². The lowest BCUT2D eigenvalue weighted by Crippen LogP contribution is -2.36. The second-order valence-electron chi connectivity index (χ2n) is 7.18. The summed E-state index contributed by atoms with van der Waals surface area (Å²) >= 11 is 0. The summed E-state index contributed by atoms with van der Waals surface area (Å²) in [6, 6.07) is 6.18. The Labute approximate surface area is 179 Å². The number of ether oxygens (including phenoxy) is 1. The van der Waals surface area contributed by atoms with Crippen LogP contribution in [0.1, 0.15) is 50.5 Å². The average Bonchev–Trinajstić information content (AvgIpc) is 3.07. The number of nitrogens with zero attached hydrogens (tertiary/aromatic N) is 2. The molecule has 27 heavy (non-hydrogen) atoms. The lowest BCUT2D eigenvalue weighted by atomic mass is 9.94. The van der Waals surface area contributed by atoms with Crippen LogP contribution in [0.2, 0.25) is 0 Å². The van der Waals surface area contributed by atoms with Gasteiger partial charge in [0.25, 0.3) is 0 Å². The minimum absolute atomic E-state index is 0. The number of aromatic nitrogens is 1. The van der Waals surface area contributed by atoms with Crippen LogP contribution in [0.25, 0.3) is 0 Å². The van der Waals surface area contributed by atoms with Crippen molar-refractivity contribution in [3.8, 4) is 5.75 Å². The van der Waals surface area contributed by atoms with E-state index in [4.69, 9.17) is 9.15 Å². The molecule has 150 valence electrons. The average molecular weight is 486 g/mol. The Hall–Kier alpha value is -1.77. The summed E-state index contributed by atoms with van der Waals surface area (Å²) in [5.74, 6) is 3.15. The minimum Gasteiger partial charge on any atom is -0.494 e. The molecule has 0 atom stereocenters. The zero-order valence-corrected chi connectivity index (χ0v) is 19.4. The Bertz CT molecular complexity index is 751. The Morgan fingerprint density at radius 1 is 1.22 bits per heavy atom. The molecule has 0 aliphatic carbocycles. The fraction of sp³-hybridized carbons (Fsp3) is 0.500. The first-order valence-electron chi connectivity index (χ1n) is 8.95. The van der Waals surface area contributed by atoms with Crippen molar-refractivity contribution in [2.75, 3.05) is 13.7 Å². The van der Waals surface area contributed by atoms with Crippen LogP contribution in [-0.2, 0) is 18.5 Å².